The Kier molecular flexibility index (Phi) is 5.48. The molecular formula is C23H23F4N3O2. The molecule has 0 radical (unpaired) electrons. The van der Waals surface area contributed by atoms with Crippen molar-refractivity contribution in [2.75, 3.05) is 18.9 Å². The van der Waals surface area contributed by atoms with Gasteiger partial charge < -0.3 is 15.5 Å². The van der Waals surface area contributed by atoms with E-state index in [-0.39, 0.29) is 11.9 Å². The number of halogens is 4. The Balaban J connectivity index is 1.72. The normalized spacial score (nSPS) is 23.6. The van der Waals surface area contributed by atoms with Crippen LogP contribution in [0.3, 0.4) is 0 Å². The highest BCUT2D eigenvalue weighted by molar-refractivity contribution is 6.08. The van der Waals surface area contributed by atoms with Crippen molar-refractivity contribution in [3.05, 3.63) is 64.5 Å². The summed E-state index contributed by atoms with van der Waals surface area (Å²) in [4.78, 5) is 27.7. The van der Waals surface area contributed by atoms with Crippen molar-refractivity contribution >= 4 is 17.5 Å². The summed E-state index contributed by atoms with van der Waals surface area (Å²) < 4.78 is 53.0. The van der Waals surface area contributed by atoms with Crippen LogP contribution in [0, 0.1) is 5.82 Å². The van der Waals surface area contributed by atoms with Crippen LogP contribution in [0.2, 0.25) is 0 Å². The number of carbonyl (C=O) groups excluding carboxylic acids is 2. The number of nitrogens with zero attached hydrogens (tertiary/aromatic N) is 1. The summed E-state index contributed by atoms with van der Waals surface area (Å²) in [7, 11) is 1.98. The van der Waals surface area contributed by atoms with Crippen LogP contribution in [-0.4, -0.2) is 36.3 Å². The summed E-state index contributed by atoms with van der Waals surface area (Å²) in [5, 5.41) is 5.66. The van der Waals surface area contributed by atoms with Gasteiger partial charge in [0, 0.05) is 28.4 Å². The minimum Gasteiger partial charge on any atom is -0.341 e. The van der Waals surface area contributed by atoms with Gasteiger partial charge in [-0.1, -0.05) is 12.5 Å². The highest BCUT2D eigenvalue weighted by atomic mass is 19.4. The van der Waals surface area contributed by atoms with Crippen molar-refractivity contribution in [1.29, 1.82) is 0 Å². The first-order valence-corrected chi connectivity index (χ1v) is 10.4. The van der Waals surface area contributed by atoms with Gasteiger partial charge in [-0.2, -0.15) is 13.2 Å². The molecule has 2 aliphatic rings. The standard InChI is InChI=1S/C23H23F4N3O2/c1-22(18-8-3-4-9-30(18)2)19-16(21(32)29-22)6-5-7-17(19)28-20(31)13-10-14(23(25,26)27)12-15(24)11-13/h5-7,10-12,18H,3-4,8-9H2,1-2H3,(H,28,31)(H,29,32)/t18-,22-/m1/s1. The predicted molar refractivity (Wildman–Crippen MR) is 111 cm³/mol. The molecule has 1 saturated heterocycles. The number of fused-ring (bicyclic) bond motifs is 1. The molecule has 2 aromatic rings. The third-order valence-electron chi connectivity index (χ3n) is 6.37. The Morgan fingerprint density at radius 1 is 1.22 bits per heavy atom. The van der Waals surface area contributed by atoms with E-state index in [2.05, 4.69) is 15.5 Å². The summed E-state index contributed by atoms with van der Waals surface area (Å²) in [6.07, 6.45) is -1.91. The van der Waals surface area contributed by atoms with E-state index in [0.717, 1.165) is 31.9 Å². The number of likely N-dealkylation sites (N-methyl/N-ethyl adjacent to an activating group) is 1. The minimum absolute atomic E-state index is 0.0227. The number of likely N-dealkylation sites (tertiary alicyclic amines) is 1. The Bertz CT molecular complexity index is 1090. The van der Waals surface area contributed by atoms with E-state index >= 15 is 0 Å². The van der Waals surface area contributed by atoms with Gasteiger partial charge in [-0.3, -0.25) is 9.59 Å². The van der Waals surface area contributed by atoms with Gasteiger partial charge in [0.05, 0.1) is 11.1 Å². The first-order chi connectivity index (χ1) is 15.0. The summed E-state index contributed by atoms with van der Waals surface area (Å²) in [5.41, 5.74) is -1.20. The molecule has 0 spiro atoms. The molecule has 9 heteroatoms. The summed E-state index contributed by atoms with van der Waals surface area (Å²) >= 11 is 0. The van der Waals surface area contributed by atoms with E-state index in [9.17, 15) is 27.2 Å². The number of hydrogen-bond donors (Lipinski definition) is 2. The van der Waals surface area contributed by atoms with Gasteiger partial charge in [0.15, 0.2) is 0 Å². The lowest BCUT2D eigenvalue weighted by molar-refractivity contribution is -0.137. The Morgan fingerprint density at radius 2 is 1.97 bits per heavy atom. The molecule has 2 atom stereocenters. The van der Waals surface area contributed by atoms with Gasteiger partial charge in [-0.15, -0.1) is 0 Å². The number of benzene rings is 2. The summed E-state index contributed by atoms with van der Waals surface area (Å²) in [6, 6.07) is 6.53. The van der Waals surface area contributed by atoms with Crippen molar-refractivity contribution in [2.45, 2.75) is 43.9 Å². The molecule has 2 N–H and O–H groups in total. The minimum atomic E-state index is -4.79. The van der Waals surface area contributed by atoms with E-state index < -0.39 is 34.6 Å². The smallest absolute Gasteiger partial charge is 0.341 e. The number of nitrogens with one attached hydrogen (secondary N) is 2. The number of rotatable bonds is 3. The van der Waals surface area contributed by atoms with Gasteiger partial charge in [0.25, 0.3) is 11.8 Å². The molecule has 1 fully saturated rings. The van der Waals surface area contributed by atoms with Crippen molar-refractivity contribution in [3.8, 4) is 0 Å². The molecule has 0 aromatic heterocycles. The van der Waals surface area contributed by atoms with Crippen molar-refractivity contribution in [3.63, 3.8) is 0 Å². The lowest BCUT2D eigenvalue weighted by atomic mass is 9.79. The number of hydrogen-bond acceptors (Lipinski definition) is 3. The van der Waals surface area contributed by atoms with Crippen molar-refractivity contribution in [2.24, 2.45) is 0 Å². The fraction of sp³-hybridized carbons (Fsp3) is 0.391. The molecular weight excluding hydrogens is 426 g/mol. The zero-order valence-corrected chi connectivity index (χ0v) is 17.6. The zero-order chi connectivity index (χ0) is 23.3. The molecule has 2 amide bonds. The average Bonchev–Trinajstić information content (AvgIpc) is 2.99. The van der Waals surface area contributed by atoms with Gasteiger partial charge in [-0.25, -0.2) is 4.39 Å². The average molecular weight is 449 g/mol. The van der Waals surface area contributed by atoms with Crippen LogP contribution in [0.15, 0.2) is 36.4 Å². The van der Waals surface area contributed by atoms with E-state index in [1.165, 1.54) is 0 Å². The maximum atomic E-state index is 13.8. The third-order valence-corrected chi connectivity index (χ3v) is 6.37. The second kappa shape index (κ2) is 7.88. The largest absolute Gasteiger partial charge is 0.416 e. The zero-order valence-electron chi connectivity index (χ0n) is 17.6. The van der Waals surface area contributed by atoms with Crippen molar-refractivity contribution in [1.82, 2.24) is 10.2 Å². The first-order valence-electron chi connectivity index (χ1n) is 10.4. The SMILES string of the molecule is CN1CCCC[C@@H]1[C@@]1(C)NC(=O)c2cccc(NC(=O)c3cc(F)cc(C(F)(F)F)c3)c21. The molecule has 4 rings (SSSR count). The van der Waals surface area contributed by atoms with Crippen LogP contribution in [0.1, 0.15) is 58.0 Å². The van der Waals surface area contributed by atoms with E-state index in [1.807, 2.05) is 14.0 Å². The highest BCUT2D eigenvalue weighted by Crippen LogP contribution is 2.43. The van der Waals surface area contributed by atoms with Crippen LogP contribution >= 0.6 is 0 Å². The molecule has 0 aliphatic carbocycles. The van der Waals surface area contributed by atoms with E-state index in [4.69, 9.17) is 0 Å². The number of amides is 2. The lowest BCUT2D eigenvalue weighted by Gasteiger charge is -2.44. The predicted octanol–water partition coefficient (Wildman–Crippen LogP) is 4.54. The van der Waals surface area contributed by atoms with Gasteiger partial charge in [-0.05, 0) is 63.7 Å². The molecule has 2 heterocycles. The van der Waals surface area contributed by atoms with Crippen LogP contribution in [-0.2, 0) is 11.7 Å². The fourth-order valence-electron chi connectivity index (χ4n) is 4.90. The molecule has 0 saturated carbocycles. The maximum Gasteiger partial charge on any atom is 0.416 e. The second-order valence-electron chi connectivity index (χ2n) is 8.56. The Hall–Kier alpha value is -2.94. The molecule has 2 aromatic carbocycles. The number of piperidine rings is 1. The maximum absolute atomic E-state index is 13.8. The highest BCUT2D eigenvalue weighted by Gasteiger charge is 2.48. The Labute approximate surface area is 182 Å². The quantitative estimate of drug-likeness (QED) is 0.677. The van der Waals surface area contributed by atoms with Gasteiger partial charge in [0.2, 0.25) is 0 Å². The number of alkyl halides is 3. The summed E-state index contributed by atoms with van der Waals surface area (Å²) in [6.45, 7) is 2.76. The second-order valence-corrected chi connectivity index (χ2v) is 8.56. The Morgan fingerprint density at radius 3 is 2.66 bits per heavy atom. The van der Waals surface area contributed by atoms with Gasteiger partial charge >= 0.3 is 6.18 Å². The van der Waals surface area contributed by atoms with Gasteiger partial charge in [0.1, 0.15) is 5.82 Å². The molecule has 0 unspecified atom stereocenters. The fourth-order valence-corrected chi connectivity index (χ4v) is 4.90. The molecule has 5 nitrogen and oxygen atoms in total. The van der Waals surface area contributed by atoms with E-state index in [1.54, 1.807) is 18.2 Å². The third kappa shape index (κ3) is 3.85. The molecule has 32 heavy (non-hydrogen) atoms. The van der Waals surface area contributed by atoms with Crippen LogP contribution < -0.4 is 10.6 Å². The van der Waals surface area contributed by atoms with Crippen molar-refractivity contribution < 1.29 is 27.2 Å². The molecule has 170 valence electrons. The van der Waals surface area contributed by atoms with Crippen LogP contribution in [0.4, 0.5) is 23.2 Å². The number of anilines is 1. The number of carbonyl (C=O) groups is 2. The van der Waals surface area contributed by atoms with E-state index in [0.29, 0.717) is 28.9 Å². The monoisotopic (exact) mass is 449 g/mol. The van der Waals surface area contributed by atoms with Crippen LogP contribution in [0.5, 0.6) is 0 Å². The van der Waals surface area contributed by atoms with Crippen LogP contribution in [0.25, 0.3) is 0 Å². The lowest BCUT2D eigenvalue weighted by Crippen LogP contribution is -2.55. The topological polar surface area (TPSA) is 61.4 Å². The summed E-state index contributed by atoms with van der Waals surface area (Å²) in [5.74, 6) is -2.32. The first kappa shape index (κ1) is 22.3. The molecule has 0 bridgehead atoms. The molecule has 2 aliphatic heterocycles.